The zero-order chi connectivity index (χ0) is 21.5. The van der Waals surface area contributed by atoms with Crippen LogP contribution in [0.1, 0.15) is 55.3 Å². The Bertz CT molecular complexity index is 578. The standard InChI is InChI=1S/C8H15NO.C5H7NO3.CO2.CH4.HO4P.H2/c1-8(2,3)6-4-5-7(10)9-6;7-3-9-5-2-1-4(8)6-5;2-1-3;;1-4-5(2)3;/h6H,4-5H2,1-3H3,(H,9,10);3,5H,1-2H2,(H,6,8);;1H4;1H;1H/t6-;5-;;;;/m01..../s1. The fourth-order valence-electron chi connectivity index (χ4n) is 2.02. The van der Waals surface area contributed by atoms with E-state index >= 15 is 0 Å². The SMILES string of the molecule is C.CC(C)(C)[C@@H]1CCC(=O)N1.O=C=O.O=CO[C@@H]1CCC(=O)N1.O=P(=O)OO.[HH]. The van der Waals surface area contributed by atoms with Crippen molar-refractivity contribution in [2.75, 3.05) is 0 Å². The average Bonchev–Trinajstić information content (AvgIpc) is 3.18. The Balaban J connectivity index is -0.000000152. The maximum atomic E-state index is 10.8. The molecule has 2 saturated heterocycles. The molecule has 0 unspecified atom stereocenters. The lowest BCUT2D eigenvalue weighted by Gasteiger charge is -2.26. The van der Waals surface area contributed by atoms with Crippen molar-refractivity contribution in [3.05, 3.63) is 0 Å². The highest BCUT2D eigenvalue weighted by Gasteiger charge is 2.30. The number of hydrogen-bond donors (Lipinski definition) is 3. The van der Waals surface area contributed by atoms with Gasteiger partial charge in [-0.15, -0.1) is 4.67 Å². The molecule has 2 rings (SSSR count). The molecule has 2 fully saturated rings. The molecular weight excluding hydrogens is 399 g/mol. The van der Waals surface area contributed by atoms with Gasteiger partial charge in [0.25, 0.3) is 6.47 Å². The first-order chi connectivity index (χ1) is 12.5. The van der Waals surface area contributed by atoms with Crippen LogP contribution < -0.4 is 10.6 Å². The van der Waals surface area contributed by atoms with E-state index < -0.39 is 7.91 Å². The third kappa shape index (κ3) is 17.0. The molecule has 0 radical (unpaired) electrons. The Labute approximate surface area is 164 Å². The highest BCUT2D eigenvalue weighted by molar-refractivity contribution is 7.24. The minimum Gasteiger partial charge on any atom is -0.444 e. The monoisotopic (exact) mass is 428 g/mol. The van der Waals surface area contributed by atoms with E-state index in [2.05, 4.69) is 40.8 Å². The highest BCUT2D eigenvalue weighted by Crippen LogP contribution is 2.25. The molecule has 0 spiro atoms. The van der Waals surface area contributed by atoms with Gasteiger partial charge in [0, 0.05) is 26.7 Å². The molecule has 2 amide bonds. The zero-order valence-corrected chi connectivity index (χ0v) is 16.0. The molecule has 2 heterocycles. The Morgan fingerprint density at radius 3 is 1.79 bits per heavy atom. The lowest BCUT2D eigenvalue weighted by Crippen LogP contribution is -2.36. The second kappa shape index (κ2) is 16.8. The fourth-order valence-corrected chi connectivity index (χ4v) is 2.02. The first-order valence-corrected chi connectivity index (χ1v) is 8.74. The van der Waals surface area contributed by atoms with Crippen molar-refractivity contribution in [3.8, 4) is 0 Å². The van der Waals surface area contributed by atoms with Crippen molar-refractivity contribution < 1.29 is 49.2 Å². The molecule has 164 valence electrons. The van der Waals surface area contributed by atoms with E-state index in [1.54, 1.807) is 0 Å². The Hall–Kier alpha value is -2.39. The van der Waals surface area contributed by atoms with Crippen LogP contribution in [0.3, 0.4) is 0 Å². The zero-order valence-electron chi connectivity index (χ0n) is 15.1. The van der Waals surface area contributed by atoms with Gasteiger partial charge in [-0.05, 0) is 11.8 Å². The molecule has 13 heteroatoms. The van der Waals surface area contributed by atoms with Crippen molar-refractivity contribution in [3.63, 3.8) is 0 Å². The summed E-state index contributed by atoms with van der Waals surface area (Å²) in [6.07, 6.45) is 2.63. The Morgan fingerprint density at radius 2 is 1.57 bits per heavy atom. The van der Waals surface area contributed by atoms with Crippen molar-refractivity contribution in [1.82, 2.24) is 10.6 Å². The van der Waals surface area contributed by atoms with Crippen molar-refractivity contribution in [2.24, 2.45) is 5.41 Å². The lowest BCUT2D eigenvalue weighted by molar-refractivity contribution is -0.191. The quantitative estimate of drug-likeness (QED) is 0.258. The average molecular weight is 428 g/mol. The molecule has 2 aliphatic heterocycles. The molecule has 2 aliphatic rings. The summed E-state index contributed by atoms with van der Waals surface area (Å²) in [5, 5.41) is 12.5. The van der Waals surface area contributed by atoms with Crippen molar-refractivity contribution in [1.29, 1.82) is 0 Å². The molecule has 2 atom stereocenters. The molecular formula is C15H29N2O10P. The molecule has 28 heavy (non-hydrogen) atoms. The molecule has 0 bridgehead atoms. The van der Waals surface area contributed by atoms with Gasteiger partial charge in [-0.3, -0.25) is 14.4 Å². The lowest BCUT2D eigenvalue weighted by atomic mass is 9.86. The molecule has 0 aromatic carbocycles. The fraction of sp³-hybridized carbons (Fsp3) is 0.733. The molecule has 0 aliphatic carbocycles. The third-order valence-electron chi connectivity index (χ3n) is 3.28. The number of ether oxygens (including phenoxy) is 1. The summed E-state index contributed by atoms with van der Waals surface area (Å²) in [5.41, 5.74) is 0.228. The molecule has 0 saturated carbocycles. The van der Waals surface area contributed by atoms with Crippen molar-refractivity contribution >= 4 is 32.3 Å². The minimum absolute atomic E-state index is 0. The van der Waals surface area contributed by atoms with E-state index in [1.165, 1.54) is 0 Å². The number of amides is 2. The van der Waals surface area contributed by atoms with Crippen molar-refractivity contribution in [2.45, 2.75) is 66.2 Å². The van der Waals surface area contributed by atoms with E-state index in [-0.39, 0.29) is 38.5 Å². The van der Waals surface area contributed by atoms with Gasteiger partial charge in [0.2, 0.25) is 11.8 Å². The number of nitrogens with one attached hydrogen (secondary N) is 2. The topological polar surface area (TPSA) is 182 Å². The maximum Gasteiger partial charge on any atom is 0.496 e. The van der Waals surface area contributed by atoms with Crippen LogP contribution in [0.4, 0.5) is 0 Å². The second-order valence-corrected chi connectivity index (χ2v) is 6.85. The van der Waals surface area contributed by atoms with E-state index in [0.717, 1.165) is 6.42 Å². The molecule has 0 aromatic heterocycles. The van der Waals surface area contributed by atoms with Gasteiger partial charge in [0.05, 0.1) is 0 Å². The summed E-state index contributed by atoms with van der Waals surface area (Å²) in [4.78, 5) is 47.2. The van der Waals surface area contributed by atoms with Crippen LogP contribution in [-0.4, -0.2) is 42.0 Å². The molecule has 3 N–H and O–H groups in total. The number of rotatable bonds is 3. The maximum absolute atomic E-state index is 10.8. The molecule has 12 nitrogen and oxygen atoms in total. The minimum atomic E-state index is -3.04. The van der Waals surface area contributed by atoms with Gasteiger partial charge in [-0.2, -0.15) is 9.59 Å². The Morgan fingerprint density at radius 1 is 1.14 bits per heavy atom. The van der Waals surface area contributed by atoms with Crippen LogP contribution in [0.5, 0.6) is 0 Å². The number of hydrogen-bond acceptors (Lipinski definition) is 10. The summed E-state index contributed by atoms with van der Waals surface area (Å²) < 4.78 is 25.0. The summed E-state index contributed by atoms with van der Waals surface area (Å²) in [6.45, 7) is 6.81. The van der Waals surface area contributed by atoms with Gasteiger partial charge >= 0.3 is 14.1 Å². The second-order valence-electron chi connectivity index (χ2n) is 6.24. The summed E-state index contributed by atoms with van der Waals surface area (Å²) >= 11 is 0. The van der Waals surface area contributed by atoms with Gasteiger partial charge in [0.1, 0.15) is 0 Å². The van der Waals surface area contributed by atoms with Crippen LogP contribution in [0, 0.1) is 5.41 Å². The summed E-state index contributed by atoms with van der Waals surface area (Å²) in [5.74, 6) is 0.154. The van der Waals surface area contributed by atoms with Crippen LogP contribution in [0.15, 0.2) is 0 Å². The number of carbonyl (C=O) groups excluding carboxylic acids is 5. The normalized spacial score (nSPS) is 19.3. The van der Waals surface area contributed by atoms with Crippen LogP contribution in [0.25, 0.3) is 0 Å². The van der Waals surface area contributed by atoms with E-state index in [4.69, 9.17) is 24.0 Å². The third-order valence-corrected chi connectivity index (χ3v) is 3.42. The summed E-state index contributed by atoms with van der Waals surface area (Å²) in [7, 11) is -3.04. The molecule has 0 aromatic rings. The van der Waals surface area contributed by atoms with Gasteiger partial charge in [-0.25, -0.2) is 14.4 Å². The summed E-state index contributed by atoms with van der Waals surface area (Å²) in [6, 6.07) is 0.389. The van der Waals surface area contributed by atoms with E-state index in [0.29, 0.717) is 31.8 Å². The van der Waals surface area contributed by atoms with Gasteiger partial charge in [0.15, 0.2) is 6.23 Å². The smallest absolute Gasteiger partial charge is 0.444 e. The van der Waals surface area contributed by atoms with E-state index in [1.807, 2.05) is 0 Å². The van der Waals surface area contributed by atoms with Crippen LogP contribution in [-0.2, 0) is 42.5 Å². The van der Waals surface area contributed by atoms with Gasteiger partial charge in [-0.1, -0.05) is 28.2 Å². The Kier molecular flexibility index (Phi) is 18.2. The number of carbonyl (C=O) groups is 3. The highest BCUT2D eigenvalue weighted by atomic mass is 31.1. The van der Waals surface area contributed by atoms with Crippen LogP contribution >= 0.6 is 7.91 Å². The predicted octanol–water partition coefficient (Wildman–Crippen LogP) is 1.57. The predicted molar refractivity (Wildman–Crippen MR) is 94.8 cm³/mol. The first kappa shape index (κ1) is 30.3. The van der Waals surface area contributed by atoms with Gasteiger partial charge < -0.3 is 15.4 Å². The largest absolute Gasteiger partial charge is 0.496 e. The first-order valence-electron chi connectivity index (χ1n) is 7.64. The van der Waals surface area contributed by atoms with Crippen LogP contribution in [0.2, 0.25) is 0 Å². The van der Waals surface area contributed by atoms with E-state index in [9.17, 15) is 14.4 Å².